The number of nitrogens with one attached hydrogen (secondary N) is 1. The van der Waals surface area contributed by atoms with Gasteiger partial charge >= 0.3 is 0 Å². The molecular weight excluding hydrogens is 422 g/mol. The summed E-state index contributed by atoms with van der Waals surface area (Å²) >= 11 is 3.33. The fourth-order valence-corrected chi connectivity index (χ4v) is 3.32. The van der Waals surface area contributed by atoms with E-state index in [1.54, 1.807) is 30.4 Å². The van der Waals surface area contributed by atoms with Crippen LogP contribution < -0.4 is 0 Å². The number of benzene rings is 1. The molecule has 0 aliphatic rings. The molecule has 0 saturated heterocycles. The van der Waals surface area contributed by atoms with Gasteiger partial charge in [0.25, 0.3) is 11.8 Å². The number of carbonyl (C=O) groups excluding carboxylic acids is 1. The van der Waals surface area contributed by atoms with Gasteiger partial charge in [0, 0.05) is 47.8 Å². The zero-order valence-electron chi connectivity index (χ0n) is 15.4. The molecule has 1 amide bonds. The van der Waals surface area contributed by atoms with E-state index >= 15 is 0 Å². The fourth-order valence-electron chi connectivity index (χ4n) is 2.95. The van der Waals surface area contributed by atoms with Crippen molar-refractivity contribution >= 4 is 32.7 Å². The molecule has 3 aromatic heterocycles. The van der Waals surface area contributed by atoms with Crippen molar-refractivity contribution < 1.29 is 9.32 Å². The Kier molecular flexibility index (Phi) is 4.95. The lowest BCUT2D eigenvalue weighted by Gasteiger charge is -2.15. The van der Waals surface area contributed by atoms with E-state index in [1.165, 1.54) is 5.56 Å². The van der Waals surface area contributed by atoms with Gasteiger partial charge in [0.2, 0.25) is 0 Å². The number of carbonyl (C=O) groups is 1. The van der Waals surface area contributed by atoms with Crippen LogP contribution in [0.4, 0.5) is 0 Å². The highest BCUT2D eigenvalue weighted by Gasteiger charge is 2.15. The van der Waals surface area contributed by atoms with Crippen molar-refractivity contribution in [2.75, 3.05) is 13.6 Å². The Labute approximate surface area is 169 Å². The first kappa shape index (κ1) is 18.4. The number of aryl methyl sites for hydroxylation is 1. The van der Waals surface area contributed by atoms with Crippen LogP contribution in [-0.2, 0) is 6.42 Å². The van der Waals surface area contributed by atoms with E-state index in [-0.39, 0.29) is 5.91 Å². The number of nitrogens with zero attached hydrogens (tertiary/aromatic N) is 4. The molecule has 0 radical (unpaired) electrons. The van der Waals surface area contributed by atoms with Crippen molar-refractivity contribution in [2.24, 2.45) is 0 Å². The number of rotatable bonds is 5. The molecule has 1 N–H and O–H groups in total. The lowest BCUT2D eigenvalue weighted by Crippen LogP contribution is -2.29. The zero-order chi connectivity index (χ0) is 19.7. The third kappa shape index (κ3) is 3.82. The Balaban J connectivity index is 1.43. The molecule has 0 bridgehead atoms. The van der Waals surface area contributed by atoms with Crippen LogP contribution in [0.1, 0.15) is 21.7 Å². The summed E-state index contributed by atoms with van der Waals surface area (Å²) in [7, 11) is 1.74. The van der Waals surface area contributed by atoms with Gasteiger partial charge in [-0.1, -0.05) is 16.8 Å². The van der Waals surface area contributed by atoms with E-state index in [1.807, 2.05) is 12.1 Å². The number of likely N-dealkylation sites (N-methyl/N-ethyl adjacent to an activating group) is 1. The summed E-state index contributed by atoms with van der Waals surface area (Å²) in [5, 5.41) is 5.13. The van der Waals surface area contributed by atoms with Crippen molar-refractivity contribution in [2.45, 2.75) is 13.3 Å². The molecule has 0 unspecified atom stereocenters. The Bertz CT molecular complexity index is 1150. The molecule has 7 nitrogen and oxygen atoms in total. The normalized spacial score (nSPS) is 11.1. The SMILES string of the molecule is Cc1ccc2[nH]c(-c3nc(CCN(C)C(=O)c4cncc(Br)c4)no3)cc2c1. The Morgan fingerprint density at radius 3 is 2.93 bits per heavy atom. The summed E-state index contributed by atoms with van der Waals surface area (Å²) < 4.78 is 6.16. The minimum absolute atomic E-state index is 0.108. The molecule has 0 spiro atoms. The van der Waals surface area contributed by atoms with E-state index in [0.29, 0.717) is 30.2 Å². The van der Waals surface area contributed by atoms with Gasteiger partial charge in [-0.05, 0) is 47.1 Å². The number of H-pyrrole nitrogens is 1. The van der Waals surface area contributed by atoms with Crippen LogP contribution in [0.25, 0.3) is 22.5 Å². The molecule has 0 atom stereocenters. The highest BCUT2D eigenvalue weighted by atomic mass is 79.9. The van der Waals surface area contributed by atoms with Gasteiger partial charge in [0.05, 0.1) is 5.56 Å². The first-order valence-corrected chi connectivity index (χ1v) is 9.57. The lowest BCUT2D eigenvalue weighted by atomic mass is 10.2. The Morgan fingerprint density at radius 2 is 2.11 bits per heavy atom. The molecular formula is C20H18BrN5O2. The molecule has 0 saturated carbocycles. The maximum atomic E-state index is 12.5. The summed E-state index contributed by atoms with van der Waals surface area (Å²) in [6.45, 7) is 2.52. The van der Waals surface area contributed by atoms with Crippen molar-refractivity contribution in [1.29, 1.82) is 0 Å². The van der Waals surface area contributed by atoms with E-state index in [0.717, 1.165) is 21.1 Å². The van der Waals surface area contributed by atoms with Gasteiger partial charge in [-0.2, -0.15) is 4.98 Å². The maximum Gasteiger partial charge on any atom is 0.274 e. The Morgan fingerprint density at radius 1 is 1.25 bits per heavy atom. The van der Waals surface area contributed by atoms with Crippen molar-refractivity contribution in [1.82, 2.24) is 25.0 Å². The summed E-state index contributed by atoms with van der Waals surface area (Å²) in [5.41, 5.74) is 3.52. The smallest absolute Gasteiger partial charge is 0.274 e. The topological polar surface area (TPSA) is 87.9 Å². The van der Waals surface area contributed by atoms with Gasteiger partial charge in [0.1, 0.15) is 5.69 Å². The van der Waals surface area contributed by atoms with E-state index < -0.39 is 0 Å². The highest BCUT2D eigenvalue weighted by Crippen LogP contribution is 2.23. The average Bonchev–Trinajstić information content (AvgIpc) is 3.31. The fraction of sp³-hybridized carbons (Fsp3) is 0.200. The standard InChI is InChI=1S/C20H18BrN5O2/c1-12-3-4-16-13(7-12)9-17(23-16)19-24-18(25-28-19)5-6-26(2)20(27)14-8-15(21)11-22-10-14/h3-4,7-11,23H,5-6H2,1-2H3. The predicted molar refractivity (Wildman–Crippen MR) is 109 cm³/mol. The van der Waals surface area contributed by atoms with Gasteiger partial charge in [-0.3, -0.25) is 9.78 Å². The second-order valence-electron chi connectivity index (χ2n) is 6.66. The second kappa shape index (κ2) is 7.55. The molecule has 3 heterocycles. The Hall–Kier alpha value is -3.00. The van der Waals surface area contributed by atoms with Gasteiger partial charge in [-0.15, -0.1) is 0 Å². The number of hydrogen-bond donors (Lipinski definition) is 1. The monoisotopic (exact) mass is 439 g/mol. The number of amides is 1. The number of pyridine rings is 1. The van der Waals surface area contributed by atoms with Crippen LogP contribution in [0.15, 0.2) is 51.7 Å². The third-order valence-electron chi connectivity index (χ3n) is 4.44. The van der Waals surface area contributed by atoms with E-state index in [9.17, 15) is 4.79 Å². The summed E-state index contributed by atoms with van der Waals surface area (Å²) in [6, 6.07) is 9.92. The quantitative estimate of drug-likeness (QED) is 0.507. The summed E-state index contributed by atoms with van der Waals surface area (Å²) in [6.07, 6.45) is 3.68. The zero-order valence-corrected chi connectivity index (χ0v) is 17.0. The number of hydrogen-bond acceptors (Lipinski definition) is 5. The number of halogens is 1. The maximum absolute atomic E-state index is 12.5. The first-order valence-electron chi connectivity index (χ1n) is 8.78. The van der Waals surface area contributed by atoms with Crippen molar-refractivity contribution in [3.63, 3.8) is 0 Å². The second-order valence-corrected chi connectivity index (χ2v) is 7.57. The third-order valence-corrected chi connectivity index (χ3v) is 4.88. The van der Waals surface area contributed by atoms with Gasteiger partial charge < -0.3 is 14.4 Å². The molecule has 28 heavy (non-hydrogen) atoms. The van der Waals surface area contributed by atoms with E-state index in [4.69, 9.17) is 4.52 Å². The van der Waals surface area contributed by atoms with E-state index in [2.05, 4.69) is 55.1 Å². The largest absolute Gasteiger partial charge is 0.351 e. The minimum Gasteiger partial charge on any atom is -0.351 e. The number of aromatic amines is 1. The molecule has 4 aromatic rings. The first-order chi connectivity index (χ1) is 13.5. The van der Waals surface area contributed by atoms with Crippen LogP contribution in [0.2, 0.25) is 0 Å². The molecule has 0 aliphatic heterocycles. The lowest BCUT2D eigenvalue weighted by molar-refractivity contribution is 0.0795. The molecule has 142 valence electrons. The highest BCUT2D eigenvalue weighted by molar-refractivity contribution is 9.10. The molecule has 8 heteroatoms. The van der Waals surface area contributed by atoms with Gasteiger partial charge in [-0.25, -0.2) is 0 Å². The molecule has 1 aromatic carbocycles. The summed E-state index contributed by atoms with van der Waals surface area (Å²) in [4.78, 5) is 25.9. The molecule has 0 fully saturated rings. The molecule has 4 rings (SSSR count). The van der Waals surface area contributed by atoms with Crippen molar-refractivity contribution in [3.8, 4) is 11.6 Å². The average molecular weight is 440 g/mol. The van der Waals surface area contributed by atoms with Crippen LogP contribution in [0.3, 0.4) is 0 Å². The number of aromatic nitrogens is 4. The van der Waals surface area contributed by atoms with Crippen LogP contribution in [-0.4, -0.2) is 44.5 Å². The van der Waals surface area contributed by atoms with Gasteiger partial charge in [0.15, 0.2) is 5.82 Å². The van der Waals surface area contributed by atoms with Crippen LogP contribution in [0, 0.1) is 6.92 Å². The predicted octanol–water partition coefficient (Wildman–Crippen LogP) is 4.00. The van der Waals surface area contributed by atoms with Crippen LogP contribution in [0.5, 0.6) is 0 Å². The molecule has 0 aliphatic carbocycles. The van der Waals surface area contributed by atoms with Crippen molar-refractivity contribution in [3.05, 3.63) is 64.1 Å². The van der Waals surface area contributed by atoms with Crippen LogP contribution >= 0.6 is 15.9 Å². The summed E-state index contributed by atoms with van der Waals surface area (Å²) in [5.74, 6) is 0.884. The number of fused-ring (bicyclic) bond motifs is 1. The minimum atomic E-state index is -0.108.